The quantitative estimate of drug-likeness (QED) is 0.784. The van der Waals surface area contributed by atoms with Gasteiger partial charge in [0.1, 0.15) is 5.37 Å². The summed E-state index contributed by atoms with van der Waals surface area (Å²) in [6.07, 6.45) is 0.673. The normalized spacial score (nSPS) is 16.5. The molecule has 1 fully saturated rings. The smallest absolute Gasteiger partial charge is 0.233 e. The molecule has 6 nitrogen and oxygen atoms in total. The molecule has 0 radical (unpaired) electrons. The first kappa shape index (κ1) is 19.2. The van der Waals surface area contributed by atoms with Crippen molar-refractivity contribution < 1.29 is 24.1 Å². The molecule has 1 aliphatic rings. The third kappa shape index (κ3) is 4.08. The van der Waals surface area contributed by atoms with Gasteiger partial charge < -0.3 is 24.2 Å². The van der Waals surface area contributed by atoms with Crippen LogP contribution in [0.5, 0.6) is 23.0 Å². The van der Waals surface area contributed by atoms with Gasteiger partial charge in [0.25, 0.3) is 0 Å². The van der Waals surface area contributed by atoms with Gasteiger partial charge in [0.05, 0.1) is 27.1 Å². The summed E-state index contributed by atoms with van der Waals surface area (Å²) in [7, 11) is 4.72. The highest BCUT2D eigenvalue weighted by Gasteiger charge is 2.33. The number of hydrogen-bond acceptors (Lipinski definition) is 6. The van der Waals surface area contributed by atoms with Crippen molar-refractivity contribution in [2.24, 2.45) is 0 Å². The average Bonchev–Trinajstić information content (AvgIpc) is 3.07. The van der Waals surface area contributed by atoms with Gasteiger partial charge in [-0.1, -0.05) is 12.1 Å². The molecular formula is C20H23NO5S. The van der Waals surface area contributed by atoms with Crippen molar-refractivity contribution in [1.82, 2.24) is 4.90 Å². The van der Waals surface area contributed by atoms with Crippen molar-refractivity contribution in [2.75, 3.05) is 33.6 Å². The number of phenols is 1. The summed E-state index contributed by atoms with van der Waals surface area (Å²) in [5, 5.41) is 9.67. The van der Waals surface area contributed by atoms with Crippen LogP contribution in [0.4, 0.5) is 0 Å². The second kappa shape index (κ2) is 8.43. The van der Waals surface area contributed by atoms with E-state index >= 15 is 0 Å². The number of phenolic OH excluding ortho intramolecular Hbond substituents is 1. The largest absolute Gasteiger partial charge is 0.504 e. The van der Waals surface area contributed by atoms with E-state index in [0.717, 1.165) is 11.1 Å². The molecule has 27 heavy (non-hydrogen) atoms. The molecule has 1 amide bonds. The van der Waals surface area contributed by atoms with Crippen LogP contribution in [-0.4, -0.2) is 49.5 Å². The zero-order chi connectivity index (χ0) is 19.4. The lowest BCUT2D eigenvalue weighted by molar-refractivity contribution is -0.128. The molecule has 0 aromatic heterocycles. The Hall–Kier alpha value is -2.54. The molecule has 2 aromatic carbocycles. The van der Waals surface area contributed by atoms with Crippen LogP contribution in [0, 0.1) is 0 Å². The number of nitrogens with zero attached hydrogens (tertiary/aromatic N) is 1. The highest BCUT2D eigenvalue weighted by Crippen LogP contribution is 2.41. The Morgan fingerprint density at radius 1 is 1.04 bits per heavy atom. The summed E-state index contributed by atoms with van der Waals surface area (Å²) >= 11 is 1.60. The molecule has 2 aromatic rings. The van der Waals surface area contributed by atoms with E-state index in [1.54, 1.807) is 38.1 Å². The van der Waals surface area contributed by atoms with Crippen LogP contribution in [0.15, 0.2) is 36.4 Å². The second-order valence-electron chi connectivity index (χ2n) is 6.12. The third-order valence-corrected chi connectivity index (χ3v) is 5.80. The van der Waals surface area contributed by atoms with Crippen molar-refractivity contribution in [1.29, 1.82) is 0 Å². The van der Waals surface area contributed by atoms with Gasteiger partial charge >= 0.3 is 0 Å². The van der Waals surface area contributed by atoms with Crippen molar-refractivity contribution in [2.45, 2.75) is 11.8 Å². The fourth-order valence-corrected chi connectivity index (χ4v) is 4.31. The van der Waals surface area contributed by atoms with E-state index in [1.807, 2.05) is 29.2 Å². The average molecular weight is 389 g/mol. The molecule has 0 aliphatic carbocycles. The standard InChI is InChI=1S/C20H23NO5S/c1-24-16-7-5-14(11-18(16)26-3)20-21(19(23)12-27-20)9-8-13-4-6-15(22)17(10-13)25-2/h4-7,10-11,20,22H,8-9,12H2,1-3H3. The van der Waals surface area contributed by atoms with Crippen LogP contribution in [-0.2, 0) is 11.2 Å². The van der Waals surface area contributed by atoms with E-state index in [1.165, 1.54) is 7.11 Å². The van der Waals surface area contributed by atoms with E-state index in [0.29, 0.717) is 36.0 Å². The van der Waals surface area contributed by atoms with Gasteiger partial charge in [-0.2, -0.15) is 0 Å². The topological polar surface area (TPSA) is 68.2 Å². The number of carbonyl (C=O) groups is 1. The zero-order valence-corrected chi connectivity index (χ0v) is 16.4. The first-order chi connectivity index (χ1) is 13.1. The summed E-state index contributed by atoms with van der Waals surface area (Å²) in [6, 6.07) is 11.0. The molecule has 0 spiro atoms. The highest BCUT2D eigenvalue weighted by atomic mass is 32.2. The molecule has 144 valence electrons. The fraction of sp³-hybridized carbons (Fsp3) is 0.350. The highest BCUT2D eigenvalue weighted by molar-refractivity contribution is 8.00. The molecule has 1 N–H and O–H groups in total. The van der Waals surface area contributed by atoms with Gasteiger partial charge in [0, 0.05) is 6.54 Å². The van der Waals surface area contributed by atoms with E-state index in [2.05, 4.69) is 0 Å². The van der Waals surface area contributed by atoms with Crippen LogP contribution >= 0.6 is 11.8 Å². The van der Waals surface area contributed by atoms with Gasteiger partial charge in [-0.05, 0) is 41.8 Å². The van der Waals surface area contributed by atoms with Gasteiger partial charge in [0.15, 0.2) is 23.0 Å². The fourth-order valence-electron chi connectivity index (χ4n) is 3.11. The van der Waals surface area contributed by atoms with Gasteiger partial charge in [0.2, 0.25) is 5.91 Å². The van der Waals surface area contributed by atoms with Gasteiger partial charge in [-0.25, -0.2) is 0 Å². The molecule has 1 heterocycles. The van der Waals surface area contributed by atoms with Crippen LogP contribution in [0.25, 0.3) is 0 Å². The lowest BCUT2D eigenvalue weighted by Crippen LogP contribution is -2.30. The van der Waals surface area contributed by atoms with Gasteiger partial charge in [-0.15, -0.1) is 11.8 Å². The summed E-state index contributed by atoms with van der Waals surface area (Å²) < 4.78 is 15.8. The molecule has 3 rings (SSSR count). The van der Waals surface area contributed by atoms with E-state index in [-0.39, 0.29) is 17.0 Å². The summed E-state index contributed by atoms with van der Waals surface area (Å²) in [5.74, 6) is 2.43. The van der Waals surface area contributed by atoms with Crippen LogP contribution in [0.2, 0.25) is 0 Å². The van der Waals surface area contributed by atoms with Crippen molar-refractivity contribution >= 4 is 17.7 Å². The number of aromatic hydroxyl groups is 1. The Balaban J connectivity index is 1.77. The van der Waals surface area contributed by atoms with Crippen molar-refractivity contribution in [3.8, 4) is 23.0 Å². The SMILES string of the molecule is COc1cc(CCN2C(=O)CSC2c2ccc(OC)c(OC)c2)ccc1O. The molecule has 0 bridgehead atoms. The van der Waals surface area contributed by atoms with Crippen molar-refractivity contribution in [3.05, 3.63) is 47.5 Å². The molecule has 7 heteroatoms. The van der Waals surface area contributed by atoms with Crippen molar-refractivity contribution in [3.63, 3.8) is 0 Å². The minimum Gasteiger partial charge on any atom is -0.504 e. The number of ether oxygens (including phenoxy) is 3. The molecule has 1 saturated heterocycles. The van der Waals surface area contributed by atoms with Crippen LogP contribution < -0.4 is 14.2 Å². The Bertz CT molecular complexity index is 826. The third-order valence-electron chi connectivity index (χ3n) is 4.55. The maximum atomic E-state index is 12.4. The predicted octanol–water partition coefficient (Wildman–Crippen LogP) is 3.23. The Morgan fingerprint density at radius 3 is 2.48 bits per heavy atom. The molecule has 1 atom stereocenters. The Kier molecular flexibility index (Phi) is 6.01. The van der Waals surface area contributed by atoms with Gasteiger partial charge in [-0.3, -0.25) is 4.79 Å². The molecule has 1 unspecified atom stereocenters. The number of methoxy groups -OCH3 is 3. The number of carbonyl (C=O) groups excluding carboxylic acids is 1. The summed E-state index contributed by atoms with van der Waals surface area (Å²) in [6.45, 7) is 0.582. The monoisotopic (exact) mass is 389 g/mol. The van der Waals surface area contributed by atoms with E-state index in [4.69, 9.17) is 14.2 Å². The summed E-state index contributed by atoms with van der Waals surface area (Å²) in [5.41, 5.74) is 2.01. The lowest BCUT2D eigenvalue weighted by atomic mass is 10.1. The van der Waals surface area contributed by atoms with E-state index < -0.39 is 0 Å². The molecular weight excluding hydrogens is 366 g/mol. The first-order valence-corrected chi connectivity index (χ1v) is 9.61. The van der Waals surface area contributed by atoms with E-state index in [9.17, 15) is 9.90 Å². The zero-order valence-electron chi connectivity index (χ0n) is 15.6. The maximum absolute atomic E-state index is 12.4. The molecule has 0 saturated carbocycles. The molecule has 1 aliphatic heterocycles. The second-order valence-corrected chi connectivity index (χ2v) is 7.19. The number of amides is 1. The number of benzene rings is 2. The number of rotatable bonds is 7. The Labute approximate surface area is 163 Å². The predicted molar refractivity (Wildman–Crippen MR) is 105 cm³/mol. The Morgan fingerprint density at radius 2 is 1.78 bits per heavy atom. The van der Waals surface area contributed by atoms with Crippen LogP contribution in [0.1, 0.15) is 16.5 Å². The minimum atomic E-state index is -0.0590. The lowest BCUT2D eigenvalue weighted by Gasteiger charge is -2.25. The summed E-state index contributed by atoms with van der Waals surface area (Å²) in [4.78, 5) is 14.3. The minimum absolute atomic E-state index is 0.0590. The number of thioether (sulfide) groups is 1. The number of hydrogen-bond donors (Lipinski definition) is 1. The first-order valence-electron chi connectivity index (χ1n) is 8.56. The maximum Gasteiger partial charge on any atom is 0.233 e. The van der Waals surface area contributed by atoms with Crippen LogP contribution in [0.3, 0.4) is 0 Å².